The highest BCUT2D eigenvalue weighted by Gasteiger charge is 2.19. The highest BCUT2D eigenvalue weighted by molar-refractivity contribution is 5.71. The number of rotatable bonds is 44. The maximum atomic E-state index is 12.8. The van der Waals surface area contributed by atoms with Crippen molar-refractivity contribution >= 4 is 17.9 Å². The van der Waals surface area contributed by atoms with Gasteiger partial charge >= 0.3 is 17.9 Å². The van der Waals surface area contributed by atoms with Gasteiger partial charge in [-0.2, -0.15) is 0 Å². The van der Waals surface area contributed by atoms with Crippen LogP contribution in [0.15, 0.2) is 146 Å². The van der Waals surface area contributed by atoms with Crippen LogP contribution in [0.3, 0.4) is 0 Å². The van der Waals surface area contributed by atoms with Crippen LogP contribution in [0.1, 0.15) is 194 Å². The predicted molar refractivity (Wildman–Crippen MR) is 283 cm³/mol. The molecule has 0 aliphatic rings. The first-order chi connectivity index (χ1) is 32.5. The Labute approximate surface area is 404 Å². The van der Waals surface area contributed by atoms with Gasteiger partial charge in [-0.25, -0.2) is 0 Å². The van der Waals surface area contributed by atoms with Gasteiger partial charge in [-0.15, -0.1) is 0 Å². The molecule has 6 heteroatoms. The first-order valence-corrected chi connectivity index (χ1v) is 26.0. The molecule has 0 fully saturated rings. The zero-order chi connectivity index (χ0) is 47.9. The van der Waals surface area contributed by atoms with Gasteiger partial charge in [0.25, 0.3) is 0 Å². The molecule has 0 amide bonds. The van der Waals surface area contributed by atoms with Crippen molar-refractivity contribution in [2.45, 2.75) is 200 Å². The van der Waals surface area contributed by atoms with Crippen LogP contribution in [0.4, 0.5) is 0 Å². The number of allylic oxidation sites excluding steroid dienone is 24. The van der Waals surface area contributed by atoms with E-state index >= 15 is 0 Å². The zero-order valence-corrected chi connectivity index (χ0v) is 41.9. The van der Waals surface area contributed by atoms with Gasteiger partial charge < -0.3 is 14.2 Å². The number of esters is 3. The largest absolute Gasteiger partial charge is 0.462 e. The Morgan fingerprint density at radius 2 is 0.591 bits per heavy atom. The molecule has 0 aliphatic carbocycles. The monoisotopic (exact) mass is 909 g/mol. The number of hydrogen-bond acceptors (Lipinski definition) is 6. The van der Waals surface area contributed by atoms with Crippen molar-refractivity contribution in [1.29, 1.82) is 0 Å². The Morgan fingerprint density at radius 3 is 0.939 bits per heavy atom. The molecule has 0 bridgehead atoms. The van der Waals surface area contributed by atoms with Crippen LogP contribution in [0.5, 0.6) is 0 Å². The van der Waals surface area contributed by atoms with E-state index in [0.717, 1.165) is 116 Å². The molecule has 368 valence electrons. The van der Waals surface area contributed by atoms with Crippen molar-refractivity contribution in [2.24, 2.45) is 0 Å². The number of carbonyl (C=O) groups excluding carboxylic acids is 3. The Kier molecular flexibility index (Phi) is 49.1. The molecule has 1 atom stereocenters. The molecule has 0 aromatic carbocycles. The molecule has 0 radical (unpaired) electrons. The van der Waals surface area contributed by atoms with Gasteiger partial charge in [-0.3, -0.25) is 14.4 Å². The van der Waals surface area contributed by atoms with E-state index in [-0.39, 0.29) is 37.5 Å². The lowest BCUT2D eigenvalue weighted by atomic mass is 10.1. The number of ether oxygens (including phenoxy) is 3. The predicted octanol–water partition coefficient (Wildman–Crippen LogP) is 17.3. The Bertz CT molecular complexity index is 1510. The van der Waals surface area contributed by atoms with E-state index in [4.69, 9.17) is 14.2 Å². The smallest absolute Gasteiger partial charge is 0.306 e. The molecular weight excluding hydrogens is 817 g/mol. The highest BCUT2D eigenvalue weighted by Crippen LogP contribution is 2.12. The van der Waals surface area contributed by atoms with Gasteiger partial charge in [0.05, 0.1) is 0 Å². The fourth-order valence-corrected chi connectivity index (χ4v) is 6.47. The molecule has 0 spiro atoms. The van der Waals surface area contributed by atoms with E-state index < -0.39 is 6.10 Å². The normalized spacial score (nSPS) is 13.3. The van der Waals surface area contributed by atoms with Crippen LogP contribution < -0.4 is 0 Å². The molecular formula is C60H92O6. The van der Waals surface area contributed by atoms with E-state index in [9.17, 15) is 14.4 Å². The molecule has 0 aliphatic heterocycles. The summed E-state index contributed by atoms with van der Waals surface area (Å²) in [5.74, 6) is -1.01. The summed E-state index contributed by atoms with van der Waals surface area (Å²) in [6.07, 6.45) is 75.4. The third-order valence-electron chi connectivity index (χ3n) is 10.3. The van der Waals surface area contributed by atoms with Crippen molar-refractivity contribution < 1.29 is 28.6 Å². The van der Waals surface area contributed by atoms with Gasteiger partial charge in [0.15, 0.2) is 6.10 Å². The quantitative estimate of drug-likeness (QED) is 0.0262. The summed E-state index contributed by atoms with van der Waals surface area (Å²) in [6.45, 7) is 6.24. The van der Waals surface area contributed by atoms with Crippen LogP contribution in [-0.4, -0.2) is 37.2 Å². The minimum Gasteiger partial charge on any atom is -0.462 e. The van der Waals surface area contributed by atoms with Crippen molar-refractivity contribution in [3.63, 3.8) is 0 Å². The van der Waals surface area contributed by atoms with Crippen molar-refractivity contribution in [3.8, 4) is 0 Å². The maximum Gasteiger partial charge on any atom is 0.306 e. The number of hydrogen-bond donors (Lipinski definition) is 0. The molecule has 0 saturated carbocycles. The van der Waals surface area contributed by atoms with Gasteiger partial charge in [-0.05, 0) is 83.5 Å². The molecule has 0 aromatic heterocycles. The Balaban J connectivity index is 4.58. The second-order valence-corrected chi connectivity index (χ2v) is 16.6. The van der Waals surface area contributed by atoms with Gasteiger partial charge in [0.2, 0.25) is 0 Å². The molecule has 0 heterocycles. The highest BCUT2D eigenvalue weighted by atomic mass is 16.6. The van der Waals surface area contributed by atoms with Gasteiger partial charge in [-0.1, -0.05) is 237 Å². The van der Waals surface area contributed by atoms with E-state index in [1.54, 1.807) is 0 Å². The second-order valence-electron chi connectivity index (χ2n) is 16.6. The minimum absolute atomic E-state index is 0.120. The van der Waals surface area contributed by atoms with Gasteiger partial charge in [0, 0.05) is 19.3 Å². The fraction of sp³-hybridized carbons (Fsp3) is 0.550. The van der Waals surface area contributed by atoms with Crippen molar-refractivity contribution in [3.05, 3.63) is 146 Å². The molecule has 0 aromatic rings. The Morgan fingerprint density at radius 1 is 0.318 bits per heavy atom. The first-order valence-electron chi connectivity index (χ1n) is 26.0. The van der Waals surface area contributed by atoms with Crippen LogP contribution in [0, 0.1) is 0 Å². The number of unbranched alkanes of at least 4 members (excludes halogenated alkanes) is 18. The molecule has 0 N–H and O–H groups in total. The van der Waals surface area contributed by atoms with E-state index in [0.29, 0.717) is 19.3 Å². The standard InChI is InChI=1S/C60H92O6/c1-4-7-10-13-16-19-22-25-27-29-31-32-35-38-41-44-47-50-53-59(62)65-56-57(55-64-58(61)52-49-46-43-40-37-34-24-21-18-15-12-9-6-3)66-60(63)54-51-48-45-42-39-36-33-30-28-26-23-20-17-14-11-8-5-2/h8-9,11-12,14-15,17-18,20-33,36,39,57H,4-7,10,13,16,19,34-35,37-38,40-56H2,1-3H3/b11-8+,12-9+,17-14+,18-15+,23-20+,24-21+,25-22+,28-26+,29-27+,32-31+,33-30+,39-36+. The summed E-state index contributed by atoms with van der Waals surface area (Å²) in [5, 5.41) is 0. The topological polar surface area (TPSA) is 78.9 Å². The van der Waals surface area contributed by atoms with Crippen molar-refractivity contribution in [1.82, 2.24) is 0 Å². The molecule has 0 saturated heterocycles. The SMILES string of the molecule is CC/C=C/C=C/C=C/C=C/C=C/C=C/CCCCCC(=O)OC(COC(=O)CCCCCCC/C=C/C=C/C=C/CC)COC(=O)CCCCCCC/C=C/C=C/C=C/CCCCCCC. The summed E-state index contributed by atoms with van der Waals surface area (Å²) in [6, 6.07) is 0. The average Bonchev–Trinajstić information content (AvgIpc) is 3.31. The first kappa shape index (κ1) is 61.3. The van der Waals surface area contributed by atoms with E-state index in [1.807, 2.05) is 66.8 Å². The maximum absolute atomic E-state index is 12.8. The van der Waals surface area contributed by atoms with E-state index in [1.165, 1.54) is 32.1 Å². The van der Waals surface area contributed by atoms with Crippen LogP contribution in [-0.2, 0) is 28.6 Å². The lowest BCUT2D eigenvalue weighted by Crippen LogP contribution is -2.30. The minimum atomic E-state index is -0.825. The lowest BCUT2D eigenvalue weighted by Gasteiger charge is -2.18. The summed E-state index contributed by atoms with van der Waals surface area (Å²) < 4.78 is 16.7. The van der Waals surface area contributed by atoms with Crippen molar-refractivity contribution in [2.75, 3.05) is 13.2 Å². The summed E-state index contributed by atoms with van der Waals surface area (Å²) in [7, 11) is 0. The fourth-order valence-electron chi connectivity index (χ4n) is 6.47. The second kappa shape index (κ2) is 52.9. The summed E-state index contributed by atoms with van der Waals surface area (Å²) >= 11 is 0. The summed E-state index contributed by atoms with van der Waals surface area (Å²) in [5.41, 5.74) is 0. The molecule has 0 rings (SSSR count). The Hall–Kier alpha value is -4.71. The van der Waals surface area contributed by atoms with Crippen LogP contribution >= 0.6 is 0 Å². The van der Waals surface area contributed by atoms with E-state index in [2.05, 4.69) is 99.8 Å². The van der Waals surface area contributed by atoms with Gasteiger partial charge in [0.1, 0.15) is 13.2 Å². The number of carbonyl (C=O) groups is 3. The molecule has 6 nitrogen and oxygen atoms in total. The molecule has 1 unspecified atom stereocenters. The lowest BCUT2D eigenvalue weighted by molar-refractivity contribution is -0.167. The third kappa shape index (κ3) is 50.3. The average molecular weight is 909 g/mol. The third-order valence-corrected chi connectivity index (χ3v) is 10.3. The zero-order valence-electron chi connectivity index (χ0n) is 41.9. The van der Waals surface area contributed by atoms with Crippen LogP contribution in [0.2, 0.25) is 0 Å². The van der Waals surface area contributed by atoms with Crippen LogP contribution in [0.25, 0.3) is 0 Å². The summed E-state index contributed by atoms with van der Waals surface area (Å²) in [4.78, 5) is 38.0. The molecule has 66 heavy (non-hydrogen) atoms.